The summed E-state index contributed by atoms with van der Waals surface area (Å²) in [7, 11) is -2.83. The second-order valence-electron chi connectivity index (χ2n) is 5.06. The van der Waals surface area contributed by atoms with Gasteiger partial charge in [-0.3, -0.25) is 0 Å². The van der Waals surface area contributed by atoms with Crippen LogP contribution in [-0.4, -0.2) is 32.9 Å². The van der Waals surface area contributed by atoms with Crippen molar-refractivity contribution in [3.05, 3.63) is 59.7 Å². The molecule has 0 fully saturated rings. The van der Waals surface area contributed by atoms with Gasteiger partial charge in [0.25, 0.3) is 0 Å². The van der Waals surface area contributed by atoms with Crippen LogP contribution in [0.3, 0.4) is 0 Å². The molecule has 0 aliphatic heterocycles. The summed E-state index contributed by atoms with van der Waals surface area (Å²) in [6.45, 7) is 2.04. The molecule has 0 unspecified atom stereocenters. The van der Waals surface area contributed by atoms with Crippen LogP contribution in [0.2, 0.25) is 0 Å². The topological polar surface area (TPSA) is 46.6 Å². The summed E-state index contributed by atoms with van der Waals surface area (Å²) in [5, 5.41) is 0. The molecular weight excluding hydrogens is 324 g/mol. The molecule has 0 aliphatic carbocycles. The molecule has 0 radical (unpaired) electrons. The summed E-state index contributed by atoms with van der Waals surface area (Å²) in [4.78, 5) is -0.685. The fourth-order valence-corrected chi connectivity index (χ4v) is 3.12. The van der Waals surface area contributed by atoms with Gasteiger partial charge in [-0.15, -0.1) is 0 Å². The quantitative estimate of drug-likeness (QED) is 0.811. The van der Waals surface area contributed by atoms with Crippen LogP contribution in [-0.2, 0) is 10.0 Å². The van der Waals surface area contributed by atoms with Crippen molar-refractivity contribution in [2.24, 2.45) is 0 Å². The van der Waals surface area contributed by atoms with Crippen LogP contribution >= 0.6 is 0 Å². The molecule has 0 saturated heterocycles. The Morgan fingerprint density at radius 3 is 2.39 bits per heavy atom. The van der Waals surface area contributed by atoms with E-state index in [4.69, 9.17) is 4.74 Å². The van der Waals surface area contributed by atoms with Gasteiger partial charge in [0.15, 0.2) is 0 Å². The number of ether oxygens (including phenoxy) is 1. The molecule has 2 aromatic carbocycles. The number of rotatable bonds is 6. The second-order valence-corrected chi connectivity index (χ2v) is 7.08. The van der Waals surface area contributed by atoms with Crippen LogP contribution in [0.25, 0.3) is 0 Å². The molecule has 0 saturated carbocycles. The van der Waals surface area contributed by atoms with E-state index >= 15 is 0 Å². The SMILES string of the molecule is Cc1ccc(OCCN(C)S(=O)(=O)c2cc(F)ccc2F)cc1. The van der Waals surface area contributed by atoms with Crippen molar-refractivity contribution >= 4 is 10.0 Å². The van der Waals surface area contributed by atoms with Gasteiger partial charge in [0.05, 0.1) is 0 Å². The van der Waals surface area contributed by atoms with Crippen LogP contribution in [0.5, 0.6) is 5.75 Å². The van der Waals surface area contributed by atoms with E-state index < -0.39 is 26.6 Å². The molecule has 2 aromatic rings. The van der Waals surface area contributed by atoms with Gasteiger partial charge < -0.3 is 4.74 Å². The van der Waals surface area contributed by atoms with Gasteiger partial charge in [0.2, 0.25) is 10.0 Å². The highest BCUT2D eigenvalue weighted by molar-refractivity contribution is 7.89. The predicted molar refractivity (Wildman–Crippen MR) is 82.8 cm³/mol. The molecule has 0 N–H and O–H groups in total. The maximum atomic E-state index is 13.6. The minimum Gasteiger partial charge on any atom is -0.492 e. The molecule has 23 heavy (non-hydrogen) atoms. The molecular formula is C16H17F2NO3S. The summed E-state index contributed by atoms with van der Waals surface area (Å²) in [6.07, 6.45) is 0. The fourth-order valence-electron chi connectivity index (χ4n) is 1.89. The van der Waals surface area contributed by atoms with E-state index in [-0.39, 0.29) is 13.2 Å². The van der Waals surface area contributed by atoms with Gasteiger partial charge >= 0.3 is 0 Å². The number of hydrogen-bond acceptors (Lipinski definition) is 3. The molecule has 0 amide bonds. The lowest BCUT2D eigenvalue weighted by Gasteiger charge is -2.18. The van der Waals surface area contributed by atoms with Crippen molar-refractivity contribution in [3.63, 3.8) is 0 Å². The van der Waals surface area contributed by atoms with Gasteiger partial charge in [-0.05, 0) is 37.3 Å². The first-order chi connectivity index (χ1) is 10.8. The first kappa shape index (κ1) is 17.4. The van der Waals surface area contributed by atoms with Crippen molar-refractivity contribution in [3.8, 4) is 5.75 Å². The molecule has 0 atom stereocenters. The van der Waals surface area contributed by atoms with E-state index in [1.165, 1.54) is 7.05 Å². The maximum absolute atomic E-state index is 13.6. The minimum atomic E-state index is -4.11. The molecule has 7 heteroatoms. The van der Waals surface area contributed by atoms with Crippen LogP contribution in [0, 0.1) is 18.6 Å². The predicted octanol–water partition coefficient (Wildman–Crippen LogP) is 2.97. The number of nitrogens with zero attached hydrogens (tertiary/aromatic N) is 1. The molecule has 2 rings (SSSR count). The highest BCUT2D eigenvalue weighted by atomic mass is 32.2. The van der Waals surface area contributed by atoms with Crippen molar-refractivity contribution in [2.45, 2.75) is 11.8 Å². The lowest BCUT2D eigenvalue weighted by atomic mass is 10.2. The summed E-state index contributed by atoms with van der Waals surface area (Å²) in [6, 6.07) is 9.62. The van der Waals surface area contributed by atoms with Crippen molar-refractivity contribution in [2.75, 3.05) is 20.2 Å². The molecule has 0 aromatic heterocycles. The van der Waals surface area contributed by atoms with E-state index in [0.717, 1.165) is 22.0 Å². The largest absolute Gasteiger partial charge is 0.492 e. The van der Waals surface area contributed by atoms with Crippen LogP contribution in [0.4, 0.5) is 8.78 Å². The number of halogens is 2. The van der Waals surface area contributed by atoms with E-state index in [1.807, 2.05) is 19.1 Å². The molecule has 124 valence electrons. The number of aryl methyl sites for hydroxylation is 1. The molecule has 0 bridgehead atoms. The smallest absolute Gasteiger partial charge is 0.245 e. The van der Waals surface area contributed by atoms with Crippen molar-refractivity contribution in [1.29, 1.82) is 0 Å². The zero-order valence-corrected chi connectivity index (χ0v) is 13.6. The monoisotopic (exact) mass is 341 g/mol. The lowest BCUT2D eigenvalue weighted by molar-refractivity contribution is 0.286. The number of likely N-dealkylation sites (N-methyl/N-ethyl adjacent to an activating group) is 1. The summed E-state index contributed by atoms with van der Waals surface area (Å²) < 4.78 is 57.7. The Morgan fingerprint density at radius 1 is 1.09 bits per heavy atom. The van der Waals surface area contributed by atoms with Crippen LogP contribution in [0.15, 0.2) is 47.4 Å². The average molecular weight is 341 g/mol. The first-order valence-electron chi connectivity index (χ1n) is 6.91. The zero-order chi connectivity index (χ0) is 17.0. The summed E-state index contributed by atoms with van der Waals surface area (Å²) in [5.74, 6) is -1.19. The number of hydrogen-bond donors (Lipinski definition) is 0. The van der Waals surface area contributed by atoms with Gasteiger partial charge in [-0.1, -0.05) is 17.7 Å². The standard InChI is InChI=1S/C16H17F2NO3S/c1-12-3-6-14(7-4-12)22-10-9-19(2)23(20,21)16-11-13(17)5-8-15(16)18/h3-8,11H,9-10H2,1-2H3. The van der Waals surface area contributed by atoms with Crippen molar-refractivity contribution in [1.82, 2.24) is 4.31 Å². The Labute approximate surface area is 134 Å². The Morgan fingerprint density at radius 2 is 1.74 bits per heavy atom. The normalized spacial score (nSPS) is 11.7. The molecule has 4 nitrogen and oxygen atoms in total. The maximum Gasteiger partial charge on any atom is 0.245 e. The second kappa shape index (κ2) is 7.06. The highest BCUT2D eigenvalue weighted by Gasteiger charge is 2.25. The van der Waals surface area contributed by atoms with E-state index in [0.29, 0.717) is 11.8 Å². The van der Waals surface area contributed by atoms with Gasteiger partial charge in [-0.25, -0.2) is 17.2 Å². The molecule has 0 heterocycles. The first-order valence-corrected chi connectivity index (χ1v) is 8.35. The van der Waals surface area contributed by atoms with E-state index in [2.05, 4.69) is 0 Å². The molecule has 0 aliphatic rings. The number of benzene rings is 2. The zero-order valence-electron chi connectivity index (χ0n) is 12.8. The average Bonchev–Trinajstić information content (AvgIpc) is 2.51. The van der Waals surface area contributed by atoms with Gasteiger partial charge in [0.1, 0.15) is 28.9 Å². The third kappa shape index (κ3) is 4.27. The van der Waals surface area contributed by atoms with Gasteiger partial charge in [-0.2, -0.15) is 4.31 Å². The Kier molecular flexibility index (Phi) is 5.33. The number of sulfonamides is 1. The lowest BCUT2D eigenvalue weighted by Crippen LogP contribution is -2.31. The van der Waals surface area contributed by atoms with E-state index in [9.17, 15) is 17.2 Å². The Balaban J connectivity index is 2.02. The Bertz CT molecular complexity index is 776. The minimum absolute atomic E-state index is 0.00611. The fraction of sp³-hybridized carbons (Fsp3) is 0.250. The third-order valence-electron chi connectivity index (χ3n) is 3.28. The summed E-state index contributed by atoms with van der Waals surface area (Å²) >= 11 is 0. The van der Waals surface area contributed by atoms with Crippen LogP contribution in [0.1, 0.15) is 5.56 Å². The Hall–Kier alpha value is -1.99. The summed E-state index contributed by atoms with van der Waals surface area (Å²) in [5.41, 5.74) is 1.08. The molecule has 0 spiro atoms. The third-order valence-corrected chi connectivity index (χ3v) is 5.15. The van der Waals surface area contributed by atoms with E-state index in [1.54, 1.807) is 12.1 Å². The van der Waals surface area contributed by atoms with Crippen molar-refractivity contribution < 1.29 is 21.9 Å². The highest BCUT2D eigenvalue weighted by Crippen LogP contribution is 2.19. The van der Waals surface area contributed by atoms with Crippen LogP contribution < -0.4 is 4.74 Å². The van der Waals surface area contributed by atoms with Gasteiger partial charge in [0, 0.05) is 13.6 Å².